The number of aliphatic carboxylic acids is 1. The summed E-state index contributed by atoms with van der Waals surface area (Å²) in [6.45, 7) is 0. The number of rotatable bonds is 2. The normalized spacial score (nSPS) is 23.5. The zero-order valence-corrected chi connectivity index (χ0v) is 6.18. The molecule has 0 aliphatic carbocycles. The third-order valence-corrected chi connectivity index (χ3v) is 1.94. The highest BCUT2D eigenvalue weighted by atomic mass is 32.2. The zero-order valence-electron chi connectivity index (χ0n) is 5.36. The van der Waals surface area contributed by atoms with Crippen LogP contribution in [0.4, 0.5) is 4.79 Å². The minimum Gasteiger partial charge on any atom is -0.481 e. The molecule has 1 amide bonds. The maximum Gasteiger partial charge on any atom is 0.305 e. The molecular formula is C5H5NO4S. The SMILES string of the molecule is O=C(O)CC1NC(=O)SC1=O. The molecule has 1 aliphatic heterocycles. The number of thioether (sulfide) groups is 1. The van der Waals surface area contributed by atoms with E-state index in [1.165, 1.54) is 0 Å². The highest BCUT2D eigenvalue weighted by molar-refractivity contribution is 8.26. The Kier molecular flexibility index (Phi) is 2.13. The lowest BCUT2D eigenvalue weighted by Gasteiger charge is -2.01. The molecule has 5 nitrogen and oxygen atoms in total. The molecule has 0 radical (unpaired) electrons. The molecule has 1 atom stereocenters. The average Bonchev–Trinajstić information content (AvgIpc) is 2.09. The van der Waals surface area contributed by atoms with E-state index in [9.17, 15) is 14.4 Å². The maximum absolute atomic E-state index is 10.7. The summed E-state index contributed by atoms with van der Waals surface area (Å²) in [6, 6.07) is -0.843. The van der Waals surface area contributed by atoms with Crippen molar-refractivity contribution in [3.8, 4) is 0 Å². The van der Waals surface area contributed by atoms with Crippen LogP contribution >= 0.6 is 11.8 Å². The van der Waals surface area contributed by atoms with Gasteiger partial charge in [-0.1, -0.05) is 0 Å². The first kappa shape index (κ1) is 8.06. The van der Waals surface area contributed by atoms with Gasteiger partial charge in [-0.05, 0) is 0 Å². The number of nitrogens with one attached hydrogen (secondary N) is 1. The van der Waals surface area contributed by atoms with E-state index in [-0.39, 0.29) is 6.42 Å². The number of amides is 1. The van der Waals surface area contributed by atoms with Gasteiger partial charge in [-0.3, -0.25) is 14.4 Å². The van der Waals surface area contributed by atoms with Gasteiger partial charge in [-0.2, -0.15) is 0 Å². The van der Waals surface area contributed by atoms with Crippen LogP contribution in [0.2, 0.25) is 0 Å². The van der Waals surface area contributed by atoms with Crippen molar-refractivity contribution in [2.75, 3.05) is 0 Å². The van der Waals surface area contributed by atoms with Crippen molar-refractivity contribution in [1.82, 2.24) is 5.32 Å². The average molecular weight is 175 g/mol. The van der Waals surface area contributed by atoms with E-state index in [0.29, 0.717) is 11.8 Å². The van der Waals surface area contributed by atoms with Crippen molar-refractivity contribution in [2.45, 2.75) is 12.5 Å². The Bertz CT molecular complexity index is 227. The Balaban J connectivity index is 2.53. The molecule has 1 unspecified atom stereocenters. The molecule has 1 saturated heterocycles. The first-order valence-electron chi connectivity index (χ1n) is 2.83. The van der Waals surface area contributed by atoms with Crippen LogP contribution in [0, 0.1) is 0 Å². The molecular weight excluding hydrogens is 170 g/mol. The highest BCUT2D eigenvalue weighted by Crippen LogP contribution is 2.17. The van der Waals surface area contributed by atoms with E-state index in [0.717, 1.165) is 0 Å². The van der Waals surface area contributed by atoms with E-state index >= 15 is 0 Å². The molecule has 0 aromatic rings. The molecule has 2 N–H and O–H groups in total. The van der Waals surface area contributed by atoms with Gasteiger partial charge < -0.3 is 10.4 Å². The number of carboxylic acids is 1. The minimum atomic E-state index is -1.09. The molecule has 0 spiro atoms. The maximum atomic E-state index is 10.7. The summed E-state index contributed by atoms with van der Waals surface area (Å²) >= 11 is 0.518. The zero-order chi connectivity index (χ0) is 8.43. The fourth-order valence-corrected chi connectivity index (χ4v) is 1.37. The topological polar surface area (TPSA) is 83.5 Å². The van der Waals surface area contributed by atoms with Crippen LogP contribution in [-0.4, -0.2) is 27.5 Å². The minimum absolute atomic E-state index is 0.336. The van der Waals surface area contributed by atoms with E-state index in [4.69, 9.17) is 5.11 Å². The van der Waals surface area contributed by atoms with Gasteiger partial charge in [-0.15, -0.1) is 0 Å². The van der Waals surface area contributed by atoms with Crippen LogP contribution < -0.4 is 5.32 Å². The van der Waals surface area contributed by atoms with Crippen LogP contribution in [0.3, 0.4) is 0 Å². The molecule has 60 valence electrons. The number of hydrogen-bond acceptors (Lipinski definition) is 4. The van der Waals surface area contributed by atoms with E-state index in [1.807, 2.05) is 0 Å². The quantitative estimate of drug-likeness (QED) is 0.607. The summed E-state index contributed by atoms with van der Waals surface area (Å²) in [7, 11) is 0. The third kappa shape index (κ3) is 1.94. The fourth-order valence-electron chi connectivity index (χ4n) is 0.702. The van der Waals surface area contributed by atoms with Crippen molar-refractivity contribution in [3.05, 3.63) is 0 Å². The Morgan fingerprint density at radius 2 is 2.27 bits per heavy atom. The third-order valence-electron chi connectivity index (χ3n) is 1.15. The van der Waals surface area contributed by atoms with Gasteiger partial charge in [0.05, 0.1) is 6.42 Å². The Labute approximate surface area is 66.1 Å². The van der Waals surface area contributed by atoms with Crippen LogP contribution in [-0.2, 0) is 9.59 Å². The predicted molar refractivity (Wildman–Crippen MR) is 37.2 cm³/mol. The summed E-state index contributed by atoms with van der Waals surface area (Å²) < 4.78 is 0. The van der Waals surface area contributed by atoms with Crippen LogP contribution in [0.5, 0.6) is 0 Å². The Hall–Kier alpha value is -1.04. The van der Waals surface area contributed by atoms with Crippen molar-refractivity contribution in [3.63, 3.8) is 0 Å². The van der Waals surface area contributed by atoms with Gasteiger partial charge in [0.1, 0.15) is 6.04 Å². The summed E-state index contributed by atoms with van der Waals surface area (Å²) in [5.41, 5.74) is 0. The lowest BCUT2D eigenvalue weighted by atomic mass is 10.2. The van der Waals surface area contributed by atoms with E-state index in [2.05, 4.69) is 5.32 Å². The number of carboxylic acid groups (broad SMARTS) is 1. The predicted octanol–water partition coefficient (Wildman–Crippen LogP) is -0.187. The Morgan fingerprint density at radius 1 is 1.64 bits per heavy atom. The largest absolute Gasteiger partial charge is 0.481 e. The Morgan fingerprint density at radius 3 is 2.64 bits per heavy atom. The van der Waals surface area contributed by atoms with Crippen LogP contribution in [0.1, 0.15) is 6.42 Å². The second-order valence-corrected chi connectivity index (χ2v) is 2.98. The summed E-state index contributed by atoms with van der Waals surface area (Å²) in [6.07, 6.45) is -0.336. The van der Waals surface area contributed by atoms with Crippen molar-refractivity contribution in [1.29, 1.82) is 0 Å². The van der Waals surface area contributed by atoms with Crippen molar-refractivity contribution in [2.24, 2.45) is 0 Å². The monoisotopic (exact) mass is 175 g/mol. The number of carbonyl (C=O) groups is 3. The van der Waals surface area contributed by atoms with Crippen molar-refractivity contribution < 1.29 is 19.5 Å². The molecule has 1 aliphatic rings. The van der Waals surface area contributed by atoms with Gasteiger partial charge in [0, 0.05) is 11.8 Å². The number of hydrogen-bond donors (Lipinski definition) is 2. The van der Waals surface area contributed by atoms with Gasteiger partial charge in [0.25, 0.3) is 5.24 Å². The fraction of sp³-hybridized carbons (Fsp3) is 0.400. The molecule has 1 heterocycles. The summed E-state index contributed by atoms with van der Waals surface area (Å²) in [5.74, 6) is -1.09. The van der Waals surface area contributed by atoms with E-state index in [1.54, 1.807) is 0 Å². The highest BCUT2D eigenvalue weighted by Gasteiger charge is 2.32. The standard InChI is InChI=1S/C5H5NO4S/c7-3(8)1-2-4(9)11-5(10)6-2/h2H,1H2,(H,6,10)(H,7,8). The summed E-state index contributed by atoms with van der Waals surface area (Å²) in [5, 5.41) is 9.60. The lowest BCUT2D eigenvalue weighted by molar-refractivity contribution is -0.138. The number of carbonyl (C=O) groups excluding carboxylic acids is 2. The molecule has 0 saturated carbocycles. The van der Waals surface area contributed by atoms with Gasteiger partial charge in [0.15, 0.2) is 0 Å². The van der Waals surface area contributed by atoms with Gasteiger partial charge >= 0.3 is 5.97 Å². The summed E-state index contributed by atoms with van der Waals surface area (Å²) in [4.78, 5) is 31.3. The second kappa shape index (κ2) is 2.91. The smallest absolute Gasteiger partial charge is 0.305 e. The lowest BCUT2D eigenvalue weighted by Crippen LogP contribution is -2.30. The first-order chi connectivity index (χ1) is 5.09. The molecule has 0 bridgehead atoms. The second-order valence-electron chi connectivity index (χ2n) is 2.00. The van der Waals surface area contributed by atoms with E-state index < -0.39 is 22.4 Å². The molecule has 1 fully saturated rings. The first-order valence-corrected chi connectivity index (χ1v) is 3.65. The molecule has 11 heavy (non-hydrogen) atoms. The molecule has 1 rings (SSSR count). The molecule has 0 aromatic heterocycles. The van der Waals surface area contributed by atoms with Crippen LogP contribution in [0.15, 0.2) is 0 Å². The molecule has 0 aromatic carbocycles. The van der Waals surface area contributed by atoms with Crippen molar-refractivity contribution >= 4 is 28.1 Å². The van der Waals surface area contributed by atoms with Gasteiger partial charge in [0.2, 0.25) is 5.12 Å². The van der Waals surface area contributed by atoms with Crippen LogP contribution in [0.25, 0.3) is 0 Å². The van der Waals surface area contributed by atoms with Gasteiger partial charge in [-0.25, -0.2) is 0 Å². The molecule has 6 heteroatoms.